The lowest BCUT2D eigenvalue weighted by molar-refractivity contribution is -0.167. The lowest BCUT2D eigenvalue weighted by Gasteiger charge is -2.29. The van der Waals surface area contributed by atoms with Crippen molar-refractivity contribution in [1.82, 2.24) is 0 Å². The van der Waals surface area contributed by atoms with E-state index in [0.29, 0.717) is 12.8 Å². The second-order valence-corrected chi connectivity index (χ2v) is 7.34. The van der Waals surface area contributed by atoms with E-state index in [9.17, 15) is 14.7 Å². The van der Waals surface area contributed by atoms with E-state index in [0.717, 1.165) is 0 Å². The van der Waals surface area contributed by atoms with Gasteiger partial charge in [0.05, 0.1) is 11.8 Å². The van der Waals surface area contributed by atoms with E-state index in [4.69, 9.17) is 4.74 Å². The van der Waals surface area contributed by atoms with Crippen LogP contribution in [0.4, 0.5) is 0 Å². The van der Waals surface area contributed by atoms with Crippen molar-refractivity contribution in [2.24, 2.45) is 23.7 Å². The summed E-state index contributed by atoms with van der Waals surface area (Å²) in [7, 11) is 0. The summed E-state index contributed by atoms with van der Waals surface area (Å²) in [4.78, 5) is 23.9. The third-order valence-corrected chi connectivity index (χ3v) is 2.96. The number of carboxylic acid groups (broad SMARTS) is 1. The van der Waals surface area contributed by atoms with Crippen LogP contribution in [0.25, 0.3) is 0 Å². The molecule has 0 unspecified atom stereocenters. The highest BCUT2D eigenvalue weighted by atomic mass is 16.6. The Labute approximate surface area is 122 Å². The van der Waals surface area contributed by atoms with Crippen molar-refractivity contribution in [3.8, 4) is 0 Å². The normalized spacial score (nSPS) is 15.2. The van der Waals surface area contributed by atoms with Gasteiger partial charge in [-0.15, -0.1) is 0 Å². The third kappa shape index (κ3) is 7.51. The highest BCUT2D eigenvalue weighted by molar-refractivity contribution is 5.81. The van der Waals surface area contributed by atoms with Crippen LogP contribution < -0.4 is 0 Å². The Morgan fingerprint density at radius 2 is 1.35 bits per heavy atom. The van der Waals surface area contributed by atoms with Gasteiger partial charge in [0.2, 0.25) is 0 Å². The van der Waals surface area contributed by atoms with Gasteiger partial charge < -0.3 is 9.84 Å². The minimum Gasteiger partial charge on any atom is -0.481 e. The lowest BCUT2D eigenvalue weighted by atomic mass is 9.80. The number of carboxylic acids is 1. The Hall–Kier alpha value is -1.06. The van der Waals surface area contributed by atoms with Crippen molar-refractivity contribution in [3.63, 3.8) is 0 Å². The molecule has 0 aromatic carbocycles. The average Bonchev–Trinajstić information content (AvgIpc) is 2.19. The molecule has 4 nitrogen and oxygen atoms in total. The van der Waals surface area contributed by atoms with E-state index >= 15 is 0 Å². The zero-order chi connectivity index (χ0) is 16.1. The molecule has 0 radical (unpaired) electrons. The van der Waals surface area contributed by atoms with E-state index in [1.165, 1.54) is 0 Å². The molecular formula is C16H30O4. The van der Waals surface area contributed by atoms with Crippen LogP contribution in [0.1, 0.15) is 61.3 Å². The van der Waals surface area contributed by atoms with Crippen molar-refractivity contribution in [2.45, 2.75) is 66.9 Å². The van der Waals surface area contributed by atoms with Crippen LogP contribution in [0.5, 0.6) is 0 Å². The maximum atomic E-state index is 12.3. The zero-order valence-corrected chi connectivity index (χ0v) is 13.9. The monoisotopic (exact) mass is 286 g/mol. The first-order valence-corrected chi connectivity index (χ1v) is 7.39. The van der Waals surface area contributed by atoms with E-state index in [-0.39, 0.29) is 17.8 Å². The summed E-state index contributed by atoms with van der Waals surface area (Å²) >= 11 is 0. The molecule has 118 valence electrons. The molecule has 0 aromatic heterocycles. The number of carbonyl (C=O) groups excluding carboxylic acids is 1. The SMILES string of the molecule is CC(C)C[C@H](C(=O)O)[C@@H](CC(C)C)C(=O)OC(C)(C)C. The predicted octanol–water partition coefficient (Wildman–Crippen LogP) is 3.74. The number of carbonyl (C=O) groups is 2. The first kappa shape index (κ1) is 18.9. The van der Waals surface area contributed by atoms with Crippen LogP contribution in [0.2, 0.25) is 0 Å². The van der Waals surface area contributed by atoms with Crippen molar-refractivity contribution in [2.75, 3.05) is 0 Å². The summed E-state index contributed by atoms with van der Waals surface area (Å²) in [5.41, 5.74) is -0.590. The Morgan fingerprint density at radius 1 is 0.950 bits per heavy atom. The van der Waals surface area contributed by atoms with Crippen molar-refractivity contribution >= 4 is 11.9 Å². The second-order valence-electron chi connectivity index (χ2n) is 7.34. The van der Waals surface area contributed by atoms with Crippen molar-refractivity contribution in [3.05, 3.63) is 0 Å². The number of hydrogen-bond acceptors (Lipinski definition) is 3. The number of rotatable bonds is 7. The fourth-order valence-electron chi connectivity index (χ4n) is 2.26. The zero-order valence-electron chi connectivity index (χ0n) is 13.9. The van der Waals surface area contributed by atoms with Crippen LogP contribution >= 0.6 is 0 Å². The van der Waals surface area contributed by atoms with Gasteiger partial charge in [0, 0.05) is 0 Å². The molecule has 0 amide bonds. The topological polar surface area (TPSA) is 63.6 Å². The van der Waals surface area contributed by atoms with Gasteiger partial charge in [-0.2, -0.15) is 0 Å². The number of aliphatic carboxylic acids is 1. The quantitative estimate of drug-likeness (QED) is 0.724. The van der Waals surface area contributed by atoms with E-state index < -0.39 is 23.4 Å². The Bertz CT molecular complexity index is 326. The van der Waals surface area contributed by atoms with Gasteiger partial charge in [0.25, 0.3) is 0 Å². The number of ether oxygens (including phenoxy) is 1. The van der Waals surface area contributed by atoms with Gasteiger partial charge in [-0.1, -0.05) is 27.7 Å². The van der Waals surface area contributed by atoms with Crippen molar-refractivity contribution < 1.29 is 19.4 Å². The summed E-state index contributed by atoms with van der Waals surface area (Å²) in [6, 6.07) is 0. The molecule has 0 saturated heterocycles. The van der Waals surface area contributed by atoms with Gasteiger partial charge in [0.1, 0.15) is 5.60 Å². The summed E-state index contributed by atoms with van der Waals surface area (Å²) in [5, 5.41) is 9.44. The van der Waals surface area contributed by atoms with Crippen LogP contribution in [0.3, 0.4) is 0 Å². The molecule has 0 aliphatic rings. The molecule has 0 aliphatic heterocycles. The minimum atomic E-state index is -0.907. The number of hydrogen-bond donors (Lipinski definition) is 1. The fourth-order valence-corrected chi connectivity index (χ4v) is 2.26. The lowest BCUT2D eigenvalue weighted by Crippen LogP contribution is -2.37. The molecular weight excluding hydrogens is 256 g/mol. The number of esters is 1. The van der Waals surface area contributed by atoms with E-state index in [1.807, 2.05) is 27.7 Å². The van der Waals surface area contributed by atoms with Crippen LogP contribution in [-0.4, -0.2) is 22.6 Å². The molecule has 0 saturated carbocycles. The van der Waals surface area contributed by atoms with Crippen molar-refractivity contribution in [1.29, 1.82) is 0 Å². The summed E-state index contributed by atoms with van der Waals surface area (Å²) in [5.74, 6) is -2.06. The summed E-state index contributed by atoms with van der Waals surface area (Å²) in [6.07, 6.45) is 1.03. The molecule has 4 heteroatoms. The van der Waals surface area contributed by atoms with E-state index in [2.05, 4.69) is 0 Å². The third-order valence-electron chi connectivity index (χ3n) is 2.96. The first-order valence-electron chi connectivity index (χ1n) is 7.39. The van der Waals surface area contributed by atoms with Crippen LogP contribution in [0.15, 0.2) is 0 Å². The van der Waals surface area contributed by atoms with E-state index in [1.54, 1.807) is 20.8 Å². The summed E-state index contributed by atoms with van der Waals surface area (Å²) in [6.45, 7) is 13.3. The Kier molecular flexibility index (Phi) is 7.25. The van der Waals surface area contributed by atoms with Gasteiger partial charge in [-0.3, -0.25) is 9.59 Å². The molecule has 0 aliphatic carbocycles. The van der Waals surface area contributed by atoms with Gasteiger partial charge in [-0.25, -0.2) is 0 Å². The molecule has 20 heavy (non-hydrogen) atoms. The highest BCUT2D eigenvalue weighted by Gasteiger charge is 2.37. The van der Waals surface area contributed by atoms with Gasteiger partial charge >= 0.3 is 11.9 Å². The standard InChI is InChI=1S/C16H30O4/c1-10(2)8-12(14(17)18)13(9-11(3)4)15(19)20-16(5,6)7/h10-13H,8-9H2,1-7H3,(H,17,18)/t12-,13+/m0/s1. The molecule has 0 fully saturated rings. The molecule has 0 aromatic rings. The molecule has 0 spiro atoms. The summed E-state index contributed by atoms with van der Waals surface area (Å²) < 4.78 is 5.41. The molecule has 0 rings (SSSR count). The second kappa shape index (κ2) is 7.65. The smallest absolute Gasteiger partial charge is 0.310 e. The fraction of sp³-hybridized carbons (Fsp3) is 0.875. The predicted molar refractivity (Wildman–Crippen MR) is 79.4 cm³/mol. The van der Waals surface area contributed by atoms with Crippen LogP contribution in [-0.2, 0) is 14.3 Å². The maximum absolute atomic E-state index is 12.3. The largest absolute Gasteiger partial charge is 0.481 e. The van der Waals surface area contributed by atoms with Gasteiger partial charge in [-0.05, 0) is 45.4 Å². The molecule has 0 bridgehead atoms. The maximum Gasteiger partial charge on any atom is 0.310 e. The molecule has 2 atom stereocenters. The minimum absolute atomic E-state index is 0.230. The average molecular weight is 286 g/mol. The molecule has 1 N–H and O–H groups in total. The molecule has 0 heterocycles. The van der Waals surface area contributed by atoms with Crippen LogP contribution in [0, 0.1) is 23.7 Å². The first-order chi connectivity index (χ1) is 8.94. The Balaban J connectivity index is 5.18. The highest BCUT2D eigenvalue weighted by Crippen LogP contribution is 2.29. The Morgan fingerprint density at radius 3 is 1.65 bits per heavy atom. The van der Waals surface area contributed by atoms with Gasteiger partial charge in [0.15, 0.2) is 0 Å².